The zero-order valence-corrected chi connectivity index (χ0v) is 18.2. The number of aromatic amines is 2. The summed E-state index contributed by atoms with van der Waals surface area (Å²) in [5.74, 6) is 0. The molecule has 1 aliphatic rings. The number of hydrogen-bond donors (Lipinski definition) is 2. The van der Waals surface area contributed by atoms with Gasteiger partial charge >= 0.3 is 0 Å². The normalized spacial score (nSPS) is 17.6. The van der Waals surface area contributed by atoms with Crippen LogP contribution in [0.3, 0.4) is 0 Å². The van der Waals surface area contributed by atoms with E-state index in [0.717, 1.165) is 25.2 Å². The molecule has 0 aromatic carbocycles. The molecule has 0 spiro atoms. The molecule has 9 heteroatoms. The van der Waals surface area contributed by atoms with Crippen LogP contribution in [0.1, 0.15) is 36.8 Å². The van der Waals surface area contributed by atoms with Crippen LogP contribution in [0.15, 0.2) is 49.1 Å². The summed E-state index contributed by atoms with van der Waals surface area (Å²) >= 11 is 0. The van der Waals surface area contributed by atoms with Gasteiger partial charge in [-0.2, -0.15) is 0 Å². The second-order valence-corrected chi connectivity index (χ2v) is 6.32. The summed E-state index contributed by atoms with van der Waals surface area (Å²) in [6.45, 7) is 2.15. The van der Waals surface area contributed by atoms with Crippen molar-refractivity contribution in [3.8, 4) is 0 Å². The minimum absolute atomic E-state index is 0. The van der Waals surface area contributed by atoms with Gasteiger partial charge in [-0.3, -0.25) is 0 Å². The number of halogens is 4. The Kier molecular flexibility index (Phi) is 20.1. The van der Waals surface area contributed by atoms with E-state index in [9.17, 15) is 0 Å². The van der Waals surface area contributed by atoms with Gasteiger partial charge in [0.25, 0.3) is 0 Å². The molecular weight excluding hydrogens is 430 g/mol. The van der Waals surface area contributed by atoms with Crippen molar-refractivity contribution >= 4 is 0 Å². The molecule has 3 rings (SSSR count). The monoisotopic (exact) mass is 458 g/mol. The number of pyridine rings is 2. The van der Waals surface area contributed by atoms with Gasteiger partial charge in [0.2, 0.25) is 0 Å². The molecule has 0 amide bonds. The van der Waals surface area contributed by atoms with E-state index >= 15 is 0 Å². The second kappa shape index (κ2) is 17.4. The number of nitrogens with two attached hydrogens (primary N) is 2. The summed E-state index contributed by atoms with van der Waals surface area (Å²) < 4.78 is 0. The minimum Gasteiger partial charge on any atom is -1.00 e. The van der Waals surface area contributed by atoms with Crippen LogP contribution < -0.4 is 70.2 Å². The first-order valence-electron chi connectivity index (χ1n) is 8.48. The maximum absolute atomic E-state index is 3.18. The molecule has 5 nitrogen and oxygen atoms in total. The van der Waals surface area contributed by atoms with Crippen LogP contribution in [-0.2, 0) is 13.1 Å². The van der Waals surface area contributed by atoms with E-state index in [0.29, 0.717) is 0 Å². The van der Waals surface area contributed by atoms with Crippen molar-refractivity contribution in [3.63, 3.8) is 0 Å². The van der Waals surface area contributed by atoms with E-state index in [-0.39, 0.29) is 55.1 Å². The quantitative estimate of drug-likeness (QED) is 0.429. The SMILES string of the molecule is O.[Cl-].[Cl-].[Cl-].[Cl-].c1c[nH+]cc(C[NH2+][C@@H]2CCCC[C@H]2[NH2+]Cc2ccc[nH+]c2)c1. The lowest BCUT2D eigenvalue weighted by Crippen LogP contribution is -3.02. The Labute approximate surface area is 186 Å². The number of aromatic nitrogens is 2. The van der Waals surface area contributed by atoms with Crippen LogP contribution in [0.5, 0.6) is 0 Å². The van der Waals surface area contributed by atoms with Gasteiger partial charge in [-0.15, -0.1) is 0 Å². The first-order chi connectivity index (χ1) is 10.9. The Morgan fingerprint density at radius 3 is 1.48 bits per heavy atom. The first-order valence-corrected chi connectivity index (χ1v) is 8.48. The third kappa shape index (κ3) is 10.5. The summed E-state index contributed by atoms with van der Waals surface area (Å²) in [4.78, 5) is 6.35. The van der Waals surface area contributed by atoms with Crippen molar-refractivity contribution in [3.05, 3.63) is 60.2 Å². The average Bonchev–Trinajstić information content (AvgIpc) is 2.61. The third-order valence-electron chi connectivity index (χ3n) is 4.73. The molecule has 2 aromatic rings. The van der Waals surface area contributed by atoms with E-state index in [1.165, 1.54) is 36.8 Å². The van der Waals surface area contributed by atoms with Crippen molar-refractivity contribution in [2.75, 3.05) is 0 Å². The number of nitrogens with one attached hydrogen (secondary N) is 2. The predicted octanol–water partition coefficient (Wildman–Crippen LogP) is -13.4. The van der Waals surface area contributed by atoms with Crippen molar-refractivity contribution in [1.29, 1.82) is 0 Å². The summed E-state index contributed by atoms with van der Waals surface area (Å²) in [5, 5.41) is 5.08. The number of hydrogen-bond acceptors (Lipinski definition) is 0. The summed E-state index contributed by atoms with van der Waals surface area (Å²) in [5.41, 5.74) is 2.76. The highest BCUT2D eigenvalue weighted by Gasteiger charge is 2.30. The van der Waals surface area contributed by atoms with E-state index in [1.807, 2.05) is 12.4 Å². The van der Waals surface area contributed by atoms with Gasteiger partial charge in [0.05, 0.1) is 11.1 Å². The minimum atomic E-state index is 0. The molecule has 2 heterocycles. The molecule has 27 heavy (non-hydrogen) atoms. The highest BCUT2D eigenvalue weighted by molar-refractivity contribution is 5.03. The number of quaternary nitrogens is 2. The predicted molar refractivity (Wildman–Crippen MR) is 86.9 cm³/mol. The maximum Gasteiger partial charge on any atom is 0.175 e. The zero-order valence-electron chi connectivity index (χ0n) is 15.2. The Morgan fingerprint density at radius 2 is 1.15 bits per heavy atom. The Hall–Kier alpha value is -0.660. The Bertz CT molecular complexity index is 514. The van der Waals surface area contributed by atoms with Crippen molar-refractivity contribution in [2.45, 2.75) is 50.9 Å². The molecular formula is C18H30Cl4N4O. The topological polar surface area (TPSA) is 93.0 Å². The van der Waals surface area contributed by atoms with Crippen LogP contribution in [-0.4, -0.2) is 17.6 Å². The van der Waals surface area contributed by atoms with E-state index in [4.69, 9.17) is 0 Å². The molecule has 0 unspecified atom stereocenters. The molecule has 0 bridgehead atoms. The molecule has 156 valence electrons. The van der Waals surface area contributed by atoms with Crippen molar-refractivity contribution in [1.82, 2.24) is 0 Å². The van der Waals surface area contributed by atoms with E-state index in [1.54, 1.807) is 0 Å². The van der Waals surface area contributed by atoms with Crippen LogP contribution in [0.4, 0.5) is 0 Å². The van der Waals surface area contributed by atoms with Gasteiger partial charge in [-0.1, -0.05) is 0 Å². The van der Waals surface area contributed by atoms with Crippen LogP contribution in [0, 0.1) is 0 Å². The van der Waals surface area contributed by atoms with Crippen LogP contribution in [0.2, 0.25) is 0 Å². The molecule has 2 aromatic heterocycles. The summed E-state index contributed by atoms with van der Waals surface area (Å²) in [6.07, 6.45) is 13.6. The van der Waals surface area contributed by atoms with Crippen LogP contribution >= 0.6 is 0 Å². The molecule has 2 atom stereocenters. The first kappa shape index (κ1) is 31.0. The molecule has 0 radical (unpaired) electrons. The number of H-pyrrole nitrogens is 2. The van der Waals surface area contributed by atoms with E-state index < -0.39 is 0 Å². The highest BCUT2D eigenvalue weighted by atomic mass is 35.5. The number of rotatable bonds is 6. The molecule has 1 fully saturated rings. The van der Waals surface area contributed by atoms with Crippen molar-refractivity contribution in [2.24, 2.45) is 0 Å². The van der Waals surface area contributed by atoms with Gasteiger partial charge in [0, 0.05) is 25.0 Å². The standard InChI is InChI=1S/C18H24N4.4ClH.H2O/c1-2-8-18(22-14-16-6-4-10-20-12-16)17(7-1)21-13-15-5-3-9-19-11-15;;;;;/h3-6,9-12,17-18,21-22H,1-2,7-8,13-14H2;4*1H;1H2/t17-,18-;;;;;/m1...../s1. The molecule has 8 N–H and O–H groups in total. The lowest BCUT2D eigenvalue weighted by Gasteiger charge is -2.27. The fraction of sp³-hybridized carbons (Fsp3) is 0.444. The maximum atomic E-state index is 3.18. The largest absolute Gasteiger partial charge is 1.00 e. The molecule has 1 saturated carbocycles. The lowest BCUT2D eigenvalue weighted by molar-refractivity contribution is -0.791. The molecule has 0 saturated heterocycles. The Morgan fingerprint density at radius 1 is 0.741 bits per heavy atom. The van der Waals surface area contributed by atoms with Gasteiger partial charge in [0.15, 0.2) is 24.8 Å². The van der Waals surface area contributed by atoms with Gasteiger partial charge in [0.1, 0.15) is 25.2 Å². The fourth-order valence-electron chi connectivity index (χ4n) is 3.46. The summed E-state index contributed by atoms with van der Waals surface area (Å²) in [6, 6.07) is 10.0. The van der Waals surface area contributed by atoms with Gasteiger partial charge in [-0.05, 0) is 25.0 Å². The smallest absolute Gasteiger partial charge is 0.175 e. The van der Waals surface area contributed by atoms with Gasteiger partial charge < -0.3 is 65.7 Å². The lowest BCUT2D eigenvalue weighted by atomic mass is 9.90. The Balaban J connectivity index is -0.00000115. The molecule has 0 aliphatic heterocycles. The van der Waals surface area contributed by atoms with Crippen LogP contribution in [0.25, 0.3) is 0 Å². The van der Waals surface area contributed by atoms with Crippen molar-refractivity contribution < 1.29 is 75.7 Å². The molecule has 1 aliphatic carbocycles. The highest BCUT2D eigenvalue weighted by Crippen LogP contribution is 2.14. The summed E-state index contributed by atoms with van der Waals surface area (Å²) in [7, 11) is 0. The third-order valence-corrected chi connectivity index (χ3v) is 4.73. The fourth-order valence-corrected chi connectivity index (χ4v) is 3.46. The average molecular weight is 460 g/mol. The van der Waals surface area contributed by atoms with Gasteiger partial charge in [-0.25, -0.2) is 9.97 Å². The van der Waals surface area contributed by atoms with E-state index in [2.05, 4.69) is 57.3 Å². The second-order valence-electron chi connectivity index (χ2n) is 6.32. The zero-order chi connectivity index (χ0) is 15.0.